The van der Waals surface area contributed by atoms with E-state index in [2.05, 4.69) is 22.9 Å². The number of phenols is 2. The van der Waals surface area contributed by atoms with Gasteiger partial charge in [0.15, 0.2) is 0 Å². The molecule has 4 amide bonds. The molecule has 0 aliphatic carbocycles. The van der Waals surface area contributed by atoms with Crippen molar-refractivity contribution in [2.75, 3.05) is 20.6 Å². The van der Waals surface area contributed by atoms with Crippen molar-refractivity contribution < 1.29 is 44.4 Å². The zero-order chi connectivity index (χ0) is 40.7. The fourth-order valence-corrected chi connectivity index (χ4v) is 7.04. The third-order valence-corrected chi connectivity index (χ3v) is 10.3. The van der Waals surface area contributed by atoms with Crippen LogP contribution < -0.4 is 16.0 Å². The average molecular weight is 768 g/mol. The molecule has 3 rings (SSSR count). The lowest BCUT2D eigenvalue weighted by molar-refractivity contribution is -0.150. The number of aliphatic carboxylic acids is 1. The second-order valence-corrected chi connectivity index (χ2v) is 15.0. The number of carboxylic acid groups (broad SMARTS) is 1. The molecule has 0 unspecified atom stereocenters. The first-order chi connectivity index (χ1) is 26.2. The molecule has 304 valence electrons. The Kier molecular flexibility index (Phi) is 17.9. The monoisotopic (exact) mass is 767 g/mol. The molecule has 14 heteroatoms. The van der Waals surface area contributed by atoms with Crippen molar-refractivity contribution in [2.24, 2.45) is 5.92 Å². The molecule has 0 saturated carbocycles. The smallest absolute Gasteiger partial charge is 0.326 e. The molecule has 0 spiro atoms. The molecular formula is C41H61N5O9. The number of phenolic OH excluding ortho intramolecular Hbond substituents is 2. The number of amides is 4. The molecule has 1 aliphatic rings. The Morgan fingerprint density at radius 2 is 1.42 bits per heavy atom. The van der Waals surface area contributed by atoms with Gasteiger partial charge in [0.05, 0.1) is 0 Å². The molecule has 1 fully saturated rings. The minimum atomic E-state index is -1.45. The molecule has 55 heavy (non-hydrogen) atoms. The first-order valence-electron chi connectivity index (χ1n) is 19.5. The number of benzene rings is 2. The summed E-state index contributed by atoms with van der Waals surface area (Å²) in [5, 5.41) is 48.8. The van der Waals surface area contributed by atoms with Crippen LogP contribution in [-0.4, -0.2) is 117 Å². The molecule has 2 aromatic rings. The number of nitrogens with zero attached hydrogens (tertiary/aromatic N) is 2. The van der Waals surface area contributed by atoms with Crippen molar-refractivity contribution in [3.8, 4) is 11.5 Å². The summed E-state index contributed by atoms with van der Waals surface area (Å²) in [6, 6.07) is 7.19. The van der Waals surface area contributed by atoms with Gasteiger partial charge in [0.25, 0.3) is 5.91 Å². The summed E-state index contributed by atoms with van der Waals surface area (Å²) < 4.78 is 0. The summed E-state index contributed by atoms with van der Waals surface area (Å²) in [5.74, 6) is -3.65. The van der Waals surface area contributed by atoms with Gasteiger partial charge in [0, 0.05) is 32.5 Å². The highest BCUT2D eigenvalue weighted by molar-refractivity contribution is 5.96. The SMILES string of the molecule is CCCCCCC[C@H](NC)[C@H](O)C(=O)N[C@H](Cc1ccc(O)cc1)C(=O)N(C)[C@@H](CC(C)C)C(=O)N1CCC[C@H]1C(=O)N[C@H](Cc1ccc(O)cc1)C(=O)O. The number of hydrogen-bond acceptors (Lipinski definition) is 9. The van der Waals surface area contributed by atoms with Gasteiger partial charge in [-0.1, -0.05) is 77.1 Å². The highest BCUT2D eigenvalue weighted by Crippen LogP contribution is 2.24. The summed E-state index contributed by atoms with van der Waals surface area (Å²) in [5.41, 5.74) is 1.22. The molecule has 0 bridgehead atoms. The quantitative estimate of drug-likeness (QED) is 0.0872. The van der Waals surface area contributed by atoms with Crippen LogP contribution in [-0.2, 0) is 36.8 Å². The summed E-state index contributed by atoms with van der Waals surface area (Å²) in [7, 11) is 3.15. The summed E-state index contributed by atoms with van der Waals surface area (Å²) in [4.78, 5) is 70.8. The van der Waals surface area contributed by atoms with Crippen molar-refractivity contribution >= 4 is 29.6 Å². The fourth-order valence-electron chi connectivity index (χ4n) is 7.04. The number of aliphatic hydroxyl groups is 1. The van der Waals surface area contributed by atoms with Crippen LogP contribution in [0.2, 0.25) is 0 Å². The maximum absolute atomic E-state index is 14.4. The van der Waals surface area contributed by atoms with Crippen LogP contribution in [0, 0.1) is 5.92 Å². The summed E-state index contributed by atoms with van der Waals surface area (Å²) in [6.07, 6.45) is 5.19. The van der Waals surface area contributed by atoms with Crippen molar-refractivity contribution in [3.63, 3.8) is 0 Å². The lowest BCUT2D eigenvalue weighted by Crippen LogP contribution is -2.59. The van der Waals surface area contributed by atoms with Gasteiger partial charge in [0.1, 0.15) is 41.8 Å². The van der Waals surface area contributed by atoms with Gasteiger partial charge < -0.3 is 46.2 Å². The lowest BCUT2D eigenvalue weighted by atomic mass is 9.98. The Morgan fingerprint density at radius 3 is 1.95 bits per heavy atom. The maximum atomic E-state index is 14.4. The number of likely N-dealkylation sites (tertiary alicyclic amines) is 1. The van der Waals surface area contributed by atoms with Crippen LogP contribution >= 0.6 is 0 Å². The number of carboxylic acids is 1. The number of unbranched alkanes of at least 4 members (excludes halogenated alkanes) is 4. The predicted octanol–water partition coefficient (Wildman–Crippen LogP) is 3.11. The fraction of sp³-hybridized carbons (Fsp3) is 0.585. The third kappa shape index (κ3) is 13.5. The van der Waals surface area contributed by atoms with Crippen LogP contribution in [0.25, 0.3) is 0 Å². The molecule has 0 radical (unpaired) electrons. The van der Waals surface area contributed by atoms with Gasteiger partial charge in [-0.05, 0) is 74.0 Å². The van der Waals surface area contributed by atoms with Gasteiger partial charge in [-0.15, -0.1) is 0 Å². The number of likely N-dealkylation sites (N-methyl/N-ethyl adjacent to an activating group) is 2. The number of carbonyl (C=O) groups excluding carboxylic acids is 4. The zero-order valence-electron chi connectivity index (χ0n) is 32.9. The van der Waals surface area contributed by atoms with E-state index in [0.717, 1.165) is 32.1 Å². The van der Waals surface area contributed by atoms with Crippen LogP contribution in [0.15, 0.2) is 48.5 Å². The molecular weight excluding hydrogens is 706 g/mol. The Balaban J connectivity index is 1.83. The second-order valence-electron chi connectivity index (χ2n) is 15.0. The van der Waals surface area contributed by atoms with E-state index in [9.17, 15) is 44.4 Å². The predicted molar refractivity (Wildman–Crippen MR) is 208 cm³/mol. The lowest BCUT2D eigenvalue weighted by Gasteiger charge is -2.36. The van der Waals surface area contributed by atoms with Crippen molar-refractivity contribution in [3.05, 3.63) is 59.7 Å². The molecule has 14 nitrogen and oxygen atoms in total. The molecule has 0 aromatic heterocycles. The first-order valence-corrected chi connectivity index (χ1v) is 19.5. The van der Waals surface area contributed by atoms with Gasteiger partial charge in [0.2, 0.25) is 17.7 Å². The van der Waals surface area contributed by atoms with Crippen molar-refractivity contribution in [1.82, 2.24) is 25.8 Å². The Hall–Kier alpha value is -4.69. The van der Waals surface area contributed by atoms with Gasteiger partial charge in [-0.2, -0.15) is 0 Å². The largest absolute Gasteiger partial charge is 0.508 e. The van der Waals surface area contributed by atoms with Crippen LogP contribution in [0.1, 0.15) is 89.7 Å². The summed E-state index contributed by atoms with van der Waals surface area (Å²) >= 11 is 0. The number of nitrogens with one attached hydrogen (secondary N) is 3. The molecule has 1 saturated heterocycles. The van der Waals surface area contributed by atoms with E-state index in [0.29, 0.717) is 30.4 Å². The van der Waals surface area contributed by atoms with Gasteiger partial charge in [-0.25, -0.2) is 4.79 Å². The number of aliphatic hydroxyl groups excluding tert-OH is 1. The van der Waals surface area contributed by atoms with Gasteiger partial charge in [-0.3, -0.25) is 19.2 Å². The highest BCUT2D eigenvalue weighted by Gasteiger charge is 2.42. The maximum Gasteiger partial charge on any atom is 0.326 e. The summed E-state index contributed by atoms with van der Waals surface area (Å²) in [6.45, 7) is 6.16. The van der Waals surface area contributed by atoms with Gasteiger partial charge >= 0.3 is 5.97 Å². The normalized spacial score (nSPS) is 16.9. The standard InChI is InChI=1S/C41H61N5O9/c1-6-7-8-9-10-12-31(42-4)36(49)38(51)43-32(24-27-14-18-29(47)19-15-27)39(52)45(5)35(23-26(2)3)40(53)46-22-11-13-34(46)37(50)44-33(41(54)55)25-28-16-20-30(48)21-17-28/h14-21,26,31-36,42,47-49H,6-13,22-25H2,1-5H3,(H,43,51)(H,44,50)(H,54,55)/t31-,32+,33+,34-,35-,36-/m0/s1. The van der Waals surface area contributed by atoms with E-state index in [1.165, 1.54) is 41.1 Å². The highest BCUT2D eigenvalue weighted by atomic mass is 16.4. The average Bonchev–Trinajstić information content (AvgIpc) is 3.66. The minimum Gasteiger partial charge on any atom is -0.508 e. The van der Waals surface area contributed by atoms with E-state index < -0.39 is 65.9 Å². The van der Waals surface area contributed by atoms with E-state index in [1.807, 2.05) is 13.8 Å². The zero-order valence-corrected chi connectivity index (χ0v) is 32.9. The van der Waals surface area contributed by atoms with E-state index >= 15 is 0 Å². The number of hydrogen-bond donors (Lipinski definition) is 7. The van der Waals surface area contributed by atoms with E-state index in [1.54, 1.807) is 31.3 Å². The third-order valence-electron chi connectivity index (χ3n) is 10.3. The van der Waals surface area contributed by atoms with E-state index in [-0.39, 0.29) is 43.2 Å². The second kappa shape index (κ2) is 22.0. The Bertz CT molecular complexity index is 1550. The number of rotatable bonds is 22. The molecule has 1 aliphatic heterocycles. The van der Waals surface area contributed by atoms with Crippen molar-refractivity contribution in [1.29, 1.82) is 0 Å². The van der Waals surface area contributed by atoms with Crippen molar-refractivity contribution in [2.45, 2.75) is 128 Å². The van der Waals surface area contributed by atoms with Crippen LogP contribution in [0.3, 0.4) is 0 Å². The molecule has 2 aromatic carbocycles. The Morgan fingerprint density at radius 1 is 0.855 bits per heavy atom. The molecule has 6 atom stereocenters. The first kappa shape index (κ1) is 44.7. The van der Waals surface area contributed by atoms with Crippen LogP contribution in [0.4, 0.5) is 0 Å². The number of carbonyl (C=O) groups is 5. The molecule has 7 N–H and O–H groups in total. The minimum absolute atomic E-state index is 0.0120. The Labute approximate surface area is 324 Å². The van der Waals surface area contributed by atoms with E-state index in [4.69, 9.17) is 0 Å². The number of aromatic hydroxyl groups is 2. The van der Waals surface area contributed by atoms with Crippen LogP contribution in [0.5, 0.6) is 11.5 Å². The topological polar surface area (TPSA) is 209 Å². The molecule has 1 heterocycles.